The highest BCUT2D eigenvalue weighted by Gasteiger charge is 2.54. The standard InChI is InChI=1S/C22H23ClF2N2O3S.2C2H6/c1-4-8-22(9-10-22)31(28,29)27-20-18(30-11-5-2)13-16(24)19(25)21(20)26-17-7-6-14(3)12-15(17)23;2*1-2/h4-7,12-13,26-27H,1-2,8-11H2,3H3;2*1-2H3. The lowest BCUT2D eigenvalue weighted by molar-refractivity contribution is 0.361. The summed E-state index contributed by atoms with van der Waals surface area (Å²) in [7, 11) is -3.96. The first-order chi connectivity index (χ1) is 16.6. The molecule has 1 aliphatic rings. The third-order valence-electron chi connectivity index (χ3n) is 5.05. The van der Waals surface area contributed by atoms with Gasteiger partial charge < -0.3 is 10.1 Å². The van der Waals surface area contributed by atoms with Crippen LogP contribution < -0.4 is 14.8 Å². The number of sulfonamides is 1. The Morgan fingerprint density at radius 3 is 2.23 bits per heavy atom. The van der Waals surface area contributed by atoms with Gasteiger partial charge in [-0.25, -0.2) is 17.2 Å². The monoisotopic (exact) mass is 528 g/mol. The van der Waals surface area contributed by atoms with Gasteiger partial charge in [0.2, 0.25) is 10.0 Å². The van der Waals surface area contributed by atoms with E-state index in [0.717, 1.165) is 11.6 Å². The van der Waals surface area contributed by atoms with Gasteiger partial charge in [0.15, 0.2) is 11.6 Å². The first kappa shape index (κ1) is 30.5. The number of hydrogen-bond acceptors (Lipinski definition) is 4. The zero-order valence-corrected chi connectivity index (χ0v) is 22.5. The van der Waals surface area contributed by atoms with E-state index in [4.69, 9.17) is 16.3 Å². The molecular formula is C26H35ClF2N2O3S. The minimum Gasteiger partial charge on any atom is -0.487 e. The molecule has 35 heavy (non-hydrogen) atoms. The number of rotatable bonds is 10. The van der Waals surface area contributed by atoms with E-state index in [-0.39, 0.29) is 35.2 Å². The summed E-state index contributed by atoms with van der Waals surface area (Å²) in [6.07, 6.45) is 4.05. The summed E-state index contributed by atoms with van der Waals surface area (Å²) in [5.74, 6) is -2.66. The van der Waals surface area contributed by atoms with Crippen molar-refractivity contribution in [2.45, 2.75) is 58.6 Å². The lowest BCUT2D eigenvalue weighted by Gasteiger charge is -2.22. The molecule has 2 aromatic rings. The van der Waals surface area contributed by atoms with Crippen LogP contribution in [0.5, 0.6) is 5.75 Å². The molecule has 0 amide bonds. The SMILES string of the molecule is C=CCOc1cc(F)c(F)c(Nc2ccc(C)cc2Cl)c1NS(=O)(=O)C1(CC=C)CC1.CC.CC. The van der Waals surface area contributed by atoms with Crippen molar-refractivity contribution in [3.63, 3.8) is 0 Å². The maximum atomic E-state index is 14.9. The minimum atomic E-state index is -3.96. The molecule has 0 radical (unpaired) electrons. The van der Waals surface area contributed by atoms with Crippen LogP contribution >= 0.6 is 11.6 Å². The highest BCUT2D eigenvalue weighted by Crippen LogP contribution is 2.49. The second kappa shape index (κ2) is 13.5. The number of allylic oxidation sites excluding steroid dienone is 1. The summed E-state index contributed by atoms with van der Waals surface area (Å²) in [5, 5.41) is 2.98. The van der Waals surface area contributed by atoms with Gasteiger partial charge in [-0.1, -0.05) is 64.1 Å². The predicted octanol–water partition coefficient (Wildman–Crippen LogP) is 8.14. The fourth-order valence-electron chi connectivity index (χ4n) is 3.17. The van der Waals surface area contributed by atoms with E-state index < -0.39 is 32.1 Å². The Hall–Kier alpha value is -2.58. The van der Waals surface area contributed by atoms with Crippen LogP contribution in [0.15, 0.2) is 49.6 Å². The molecule has 0 spiro atoms. The Morgan fingerprint density at radius 1 is 1.09 bits per heavy atom. The Morgan fingerprint density at radius 2 is 1.71 bits per heavy atom. The van der Waals surface area contributed by atoms with E-state index in [2.05, 4.69) is 23.2 Å². The molecule has 0 aromatic heterocycles. The molecule has 0 heterocycles. The first-order valence-corrected chi connectivity index (χ1v) is 13.4. The largest absolute Gasteiger partial charge is 0.487 e. The second-order valence-electron chi connectivity index (χ2n) is 7.41. The molecule has 0 unspecified atom stereocenters. The van der Waals surface area contributed by atoms with Crippen molar-refractivity contribution in [1.82, 2.24) is 0 Å². The average molecular weight is 529 g/mol. The van der Waals surface area contributed by atoms with Crippen LogP contribution in [0.2, 0.25) is 5.02 Å². The molecule has 0 bridgehead atoms. The minimum absolute atomic E-state index is 0.0394. The summed E-state index contributed by atoms with van der Waals surface area (Å²) < 4.78 is 62.3. The van der Waals surface area contributed by atoms with Crippen LogP contribution in [-0.2, 0) is 10.0 Å². The lowest BCUT2D eigenvalue weighted by Crippen LogP contribution is -2.30. The van der Waals surface area contributed by atoms with Crippen molar-refractivity contribution in [1.29, 1.82) is 0 Å². The Kier molecular flexibility index (Phi) is 11.7. The number of anilines is 3. The van der Waals surface area contributed by atoms with Crippen LogP contribution in [0.25, 0.3) is 0 Å². The number of hydrogen-bond donors (Lipinski definition) is 2. The van der Waals surface area contributed by atoms with Crippen LogP contribution in [0.4, 0.5) is 25.8 Å². The highest BCUT2D eigenvalue weighted by atomic mass is 35.5. The summed E-state index contributed by atoms with van der Waals surface area (Å²) >= 11 is 6.23. The summed E-state index contributed by atoms with van der Waals surface area (Å²) in [5.41, 5.74) is 0.473. The maximum absolute atomic E-state index is 14.9. The van der Waals surface area contributed by atoms with Gasteiger partial charge in [-0.2, -0.15) is 0 Å². The van der Waals surface area contributed by atoms with Gasteiger partial charge in [-0.15, -0.1) is 6.58 Å². The smallest absolute Gasteiger partial charge is 0.238 e. The number of ether oxygens (including phenoxy) is 1. The molecule has 1 saturated carbocycles. The molecular weight excluding hydrogens is 494 g/mol. The van der Waals surface area contributed by atoms with E-state index in [1.807, 2.05) is 34.6 Å². The molecule has 2 N–H and O–H groups in total. The van der Waals surface area contributed by atoms with Crippen molar-refractivity contribution >= 4 is 38.7 Å². The van der Waals surface area contributed by atoms with Crippen LogP contribution in [0.1, 0.15) is 52.5 Å². The molecule has 5 nitrogen and oxygen atoms in total. The van der Waals surface area contributed by atoms with Gasteiger partial charge in [0.05, 0.1) is 15.5 Å². The normalized spacial score (nSPS) is 13.3. The molecule has 1 fully saturated rings. The molecule has 194 valence electrons. The van der Waals surface area contributed by atoms with Crippen LogP contribution in [-0.4, -0.2) is 19.8 Å². The van der Waals surface area contributed by atoms with E-state index in [1.165, 1.54) is 12.2 Å². The van der Waals surface area contributed by atoms with Gasteiger partial charge in [-0.05, 0) is 43.9 Å². The van der Waals surface area contributed by atoms with Crippen molar-refractivity contribution in [2.75, 3.05) is 16.6 Å². The quantitative estimate of drug-likeness (QED) is 0.305. The number of nitrogens with one attached hydrogen (secondary N) is 2. The highest BCUT2D eigenvalue weighted by molar-refractivity contribution is 7.94. The lowest BCUT2D eigenvalue weighted by atomic mass is 10.2. The van der Waals surface area contributed by atoms with Crippen molar-refractivity contribution in [3.8, 4) is 5.75 Å². The van der Waals surface area contributed by atoms with E-state index in [1.54, 1.807) is 18.2 Å². The van der Waals surface area contributed by atoms with Crippen LogP contribution in [0.3, 0.4) is 0 Å². The molecule has 1 aliphatic carbocycles. The van der Waals surface area contributed by atoms with Gasteiger partial charge in [0.25, 0.3) is 0 Å². The van der Waals surface area contributed by atoms with Crippen LogP contribution in [0, 0.1) is 18.6 Å². The molecule has 0 saturated heterocycles. The van der Waals surface area contributed by atoms with E-state index >= 15 is 0 Å². The van der Waals surface area contributed by atoms with E-state index in [0.29, 0.717) is 12.8 Å². The zero-order valence-electron chi connectivity index (χ0n) is 21.0. The van der Waals surface area contributed by atoms with Gasteiger partial charge in [0.1, 0.15) is 23.7 Å². The molecule has 2 aromatic carbocycles. The zero-order chi connectivity index (χ0) is 26.8. The number of halogens is 3. The first-order valence-electron chi connectivity index (χ1n) is 11.6. The Bertz CT molecular complexity index is 1130. The van der Waals surface area contributed by atoms with E-state index in [9.17, 15) is 17.2 Å². The Labute approximate surface area is 213 Å². The second-order valence-corrected chi connectivity index (χ2v) is 9.89. The Balaban J connectivity index is 0.00000145. The topological polar surface area (TPSA) is 67.4 Å². The molecule has 0 atom stereocenters. The third kappa shape index (κ3) is 7.21. The number of aryl methyl sites for hydroxylation is 1. The third-order valence-corrected chi connectivity index (χ3v) is 7.56. The van der Waals surface area contributed by atoms with Gasteiger partial charge >= 0.3 is 0 Å². The maximum Gasteiger partial charge on any atom is 0.238 e. The molecule has 0 aliphatic heterocycles. The van der Waals surface area contributed by atoms with Crippen molar-refractivity contribution in [2.24, 2.45) is 0 Å². The molecule has 9 heteroatoms. The predicted molar refractivity (Wildman–Crippen MR) is 144 cm³/mol. The average Bonchev–Trinajstić information content (AvgIpc) is 3.63. The summed E-state index contributed by atoms with van der Waals surface area (Å²) in [6.45, 7) is 16.9. The fourth-order valence-corrected chi connectivity index (χ4v) is 5.12. The number of benzene rings is 2. The fraction of sp³-hybridized carbons (Fsp3) is 0.385. The summed E-state index contributed by atoms with van der Waals surface area (Å²) in [4.78, 5) is 0. The van der Waals surface area contributed by atoms with Gasteiger partial charge in [0, 0.05) is 6.07 Å². The molecule has 3 rings (SSSR count). The van der Waals surface area contributed by atoms with Crippen molar-refractivity contribution < 1.29 is 21.9 Å². The summed E-state index contributed by atoms with van der Waals surface area (Å²) in [6, 6.07) is 5.76. The van der Waals surface area contributed by atoms with Gasteiger partial charge in [-0.3, -0.25) is 4.72 Å². The van der Waals surface area contributed by atoms with Crippen molar-refractivity contribution in [3.05, 3.63) is 71.8 Å².